The molecule has 0 amide bonds. The third-order valence-corrected chi connectivity index (χ3v) is 4.84. The van der Waals surface area contributed by atoms with Crippen molar-refractivity contribution in [1.82, 2.24) is 15.1 Å². The van der Waals surface area contributed by atoms with Gasteiger partial charge in [0.1, 0.15) is 0 Å². The monoisotopic (exact) mass is 253 g/mol. The second-order valence-electron chi connectivity index (χ2n) is 6.61. The van der Waals surface area contributed by atoms with Gasteiger partial charge in [-0.2, -0.15) is 0 Å². The van der Waals surface area contributed by atoms with Crippen LogP contribution in [0.15, 0.2) is 0 Å². The van der Waals surface area contributed by atoms with E-state index in [1.54, 1.807) is 0 Å². The van der Waals surface area contributed by atoms with Crippen LogP contribution in [-0.2, 0) is 0 Å². The number of nitrogens with one attached hydrogen (secondary N) is 1. The molecule has 2 fully saturated rings. The molecule has 2 aliphatic rings. The molecule has 0 aromatic heterocycles. The van der Waals surface area contributed by atoms with Gasteiger partial charge in [-0.15, -0.1) is 0 Å². The van der Waals surface area contributed by atoms with E-state index in [9.17, 15) is 0 Å². The molecule has 0 radical (unpaired) electrons. The SMILES string of the molecule is CCN1CCC(CN2CC(C(C)C)NCC2C)C1. The Kier molecular flexibility index (Phi) is 5.05. The second kappa shape index (κ2) is 6.36. The lowest BCUT2D eigenvalue weighted by molar-refractivity contribution is 0.105. The molecule has 0 spiro atoms. The first-order valence-electron chi connectivity index (χ1n) is 7.80. The first-order chi connectivity index (χ1) is 8.60. The highest BCUT2D eigenvalue weighted by Gasteiger charge is 2.30. The summed E-state index contributed by atoms with van der Waals surface area (Å²) in [7, 11) is 0. The van der Waals surface area contributed by atoms with E-state index >= 15 is 0 Å². The van der Waals surface area contributed by atoms with E-state index in [-0.39, 0.29) is 0 Å². The average molecular weight is 253 g/mol. The largest absolute Gasteiger partial charge is 0.311 e. The highest BCUT2D eigenvalue weighted by molar-refractivity contribution is 4.88. The van der Waals surface area contributed by atoms with Crippen molar-refractivity contribution in [2.24, 2.45) is 11.8 Å². The summed E-state index contributed by atoms with van der Waals surface area (Å²) in [6.45, 7) is 16.9. The van der Waals surface area contributed by atoms with Gasteiger partial charge in [0.05, 0.1) is 0 Å². The topological polar surface area (TPSA) is 18.5 Å². The van der Waals surface area contributed by atoms with Gasteiger partial charge in [-0.25, -0.2) is 0 Å². The maximum absolute atomic E-state index is 3.69. The molecule has 1 N–H and O–H groups in total. The second-order valence-corrected chi connectivity index (χ2v) is 6.61. The molecule has 2 aliphatic heterocycles. The van der Waals surface area contributed by atoms with Crippen molar-refractivity contribution in [3.8, 4) is 0 Å². The van der Waals surface area contributed by atoms with Crippen LogP contribution >= 0.6 is 0 Å². The third kappa shape index (κ3) is 3.46. The van der Waals surface area contributed by atoms with Gasteiger partial charge in [-0.1, -0.05) is 20.8 Å². The van der Waals surface area contributed by atoms with Crippen molar-refractivity contribution < 1.29 is 0 Å². The Morgan fingerprint density at radius 1 is 1.28 bits per heavy atom. The van der Waals surface area contributed by atoms with Gasteiger partial charge >= 0.3 is 0 Å². The quantitative estimate of drug-likeness (QED) is 0.822. The molecule has 3 atom stereocenters. The van der Waals surface area contributed by atoms with Gasteiger partial charge in [0, 0.05) is 38.3 Å². The number of piperazine rings is 1. The van der Waals surface area contributed by atoms with Crippen molar-refractivity contribution in [2.75, 3.05) is 39.3 Å². The first kappa shape index (κ1) is 14.3. The zero-order chi connectivity index (χ0) is 13.1. The van der Waals surface area contributed by atoms with Gasteiger partial charge in [0.15, 0.2) is 0 Å². The van der Waals surface area contributed by atoms with Crippen LogP contribution in [0.4, 0.5) is 0 Å². The number of likely N-dealkylation sites (tertiary alicyclic amines) is 1. The first-order valence-corrected chi connectivity index (χ1v) is 7.80. The van der Waals surface area contributed by atoms with E-state index in [0.717, 1.165) is 18.4 Å². The predicted octanol–water partition coefficient (Wildman–Crippen LogP) is 1.65. The Hall–Kier alpha value is -0.120. The number of hydrogen-bond donors (Lipinski definition) is 1. The van der Waals surface area contributed by atoms with Gasteiger partial charge in [-0.05, 0) is 38.3 Å². The van der Waals surface area contributed by atoms with Gasteiger partial charge in [0.2, 0.25) is 0 Å². The molecule has 0 aliphatic carbocycles. The number of nitrogens with zero attached hydrogens (tertiary/aromatic N) is 2. The molecule has 106 valence electrons. The molecule has 3 unspecified atom stereocenters. The molecule has 0 aromatic carbocycles. The summed E-state index contributed by atoms with van der Waals surface area (Å²) < 4.78 is 0. The van der Waals surface area contributed by atoms with E-state index in [1.165, 1.54) is 39.1 Å². The van der Waals surface area contributed by atoms with Crippen molar-refractivity contribution in [3.05, 3.63) is 0 Å². The number of rotatable bonds is 4. The normalized spacial score (nSPS) is 35.5. The Morgan fingerprint density at radius 2 is 2.06 bits per heavy atom. The fourth-order valence-corrected chi connectivity index (χ4v) is 3.33. The van der Waals surface area contributed by atoms with Crippen LogP contribution in [0.2, 0.25) is 0 Å². The van der Waals surface area contributed by atoms with Gasteiger partial charge < -0.3 is 10.2 Å². The Bertz CT molecular complexity index is 254. The molecule has 3 heteroatoms. The minimum Gasteiger partial charge on any atom is -0.311 e. The standard InChI is InChI=1S/C15H31N3/c1-5-17-7-6-14(9-17)10-18-11-15(12(2)3)16-8-13(18)4/h12-16H,5-11H2,1-4H3. The molecule has 18 heavy (non-hydrogen) atoms. The van der Waals surface area contributed by atoms with Crippen LogP contribution < -0.4 is 5.32 Å². The molecule has 0 aromatic rings. The highest BCUT2D eigenvalue weighted by Crippen LogP contribution is 2.20. The van der Waals surface area contributed by atoms with Crippen molar-refractivity contribution >= 4 is 0 Å². The smallest absolute Gasteiger partial charge is 0.0218 e. The van der Waals surface area contributed by atoms with E-state index in [1.807, 2.05) is 0 Å². The zero-order valence-corrected chi connectivity index (χ0v) is 12.7. The lowest BCUT2D eigenvalue weighted by Gasteiger charge is -2.41. The molecule has 3 nitrogen and oxygen atoms in total. The van der Waals surface area contributed by atoms with E-state index in [2.05, 4.69) is 42.8 Å². The van der Waals surface area contributed by atoms with E-state index in [0.29, 0.717) is 12.1 Å². The zero-order valence-electron chi connectivity index (χ0n) is 12.7. The summed E-state index contributed by atoms with van der Waals surface area (Å²) >= 11 is 0. The van der Waals surface area contributed by atoms with Crippen molar-refractivity contribution in [3.63, 3.8) is 0 Å². The maximum Gasteiger partial charge on any atom is 0.0218 e. The van der Waals surface area contributed by atoms with Gasteiger partial charge in [-0.3, -0.25) is 4.90 Å². The summed E-state index contributed by atoms with van der Waals surface area (Å²) in [5.74, 6) is 1.65. The Labute approximate surface area is 113 Å². The van der Waals surface area contributed by atoms with Crippen LogP contribution in [0.3, 0.4) is 0 Å². The fraction of sp³-hybridized carbons (Fsp3) is 1.00. The van der Waals surface area contributed by atoms with Crippen LogP contribution in [-0.4, -0.2) is 61.2 Å². The molecule has 0 saturated carbocycles. The third-order valence-electron chi connectivity index (χ3n) is 4.84. The molecule has 0 bridgehead atoms. The Balaban J connectivity index is 1.83. The predicted molar refractivity (Wildman–Crippen MR) is 77.9 cm³/mol. The summed E-state index contributed by atoms with van der Waals surface area (Å²) in [6, 6.07) is 1.39. The summed E-state index contributed by atoms with van der Waals surface area (Å²) in [5.41, 5.74) is 0. The fourth-order valence-electron chi connectivity index (χ4n) is 3.33. The minimum atomic E-state index is 0.685. The van der Waals surface area contributed by atoms with Crippen LogP contribution in [0.5, 0.6) is 0 Å². The lowest BCUT2D eigenvalue weighted by Crippen LogP contribution is -2.58. The Morgan fingerprint density at radius 3 is 2.67 bits per heavy atom. The highest BCUT2D eigenvalue weighted by atomic mass is 15.2. The van der Waals surface area contributed by atoms with Crippen LogP contribution in [0.1, 0.15) is 34.1 Å². The van der Waals surface area contributed by atoms with Crippen LogP contribution in [0.25, 0.3) is 0 Å². The lowest BCUT2D eigenvalue weighted by atomic mass is 9.98. The molecular weight excluding hydrogens is 222 g/mol. The average Bonchev–Trinajstić information content (AvgIpc) is 2.79. The summed E-state index contributed by atoms with van der Waals surface area (Å²) in [4.78, 5) is 5.32. The number of hydrogen-bond acceptors (Lipinski definition) is 3. The van der Waals surface area contributed by atoms with E-state index in [4.69, 9.17) is 0 Å². The molecule has 2 heterocycles. The van der Waals surface area contributed by atoms with Crippen LogP contribution in [0, 0.1) is 11.8 Å². The molecular formula is C15H31N3. The van der Waals surface area contributed by atoms with Crippen molar-refractivity contribution in [1.29, 1.82) is 0 Å². The minimum absolute atomic E-state index is 0.685. The molecule has 2 rings (SSSR count). The van der Waals surface area contributed by atoms with Gasteiger partial charge in [0.25, 0.3) is 0 Å². The van der Waals surface area contributed by atoms with E-state index < -0.39 is 0 Å². The summed E-state index contributed by atoms with van der Waals surface area (Å²) in [5, 5.41) is 3.69. The summed E-state index contributed by atoms with van der Waals surface area (Å²) in [6.07, 6.45) is 1.40. The van der Waals surface area contributed by atoms with Crippen molar-refractivity contribution in [2.45, 2.75) is 46.2 Å². The molecule has 2 saturated heterocycles. The maximum atomic E-state index is 3.69.